The number of likely N-dealkylation sites (tertiary alicyclic amines) is 1. The third-order valence-electron chi connectivity index (χ3n) is 8.36. The minimum absolute atomic E-state index is 0.280. The molecule has 8 heteroatoms. The Kier molecular flexibility index (Phi) is 6.83. The molecular weight excluding hydrogens is 464 g/mol. The predicted octanol–water partition coefficient (Wildman–Crippen LogP) is 4.74. The van der Waals surface area contributed by atoms with Crippen molar-refractivity contribution in [2.24, 2.45) is 0 Å². The van der Waals surface area contributed by atoms with Crippen LogP contribution in [0.2, 0.25) is 0 Å². The van der Waals surface area contributed by atoms with Gasteiger partial charge in [0, 0.05) is 61.2 Å². The van der Waals surface area contributed by atoms with Crippen LogP contribution in [0, 0.1) is 0 Å². The fourth-order valence-corrected chi connectivity index (χ4v) is 6.40. The standard InChI is InChI=1S/C29H36N6O2/c1-37-25-13-8-22-19-30-29(32-28(22)27(25)21-5-2-3-6-21)31-23-9-11-24(12-10-23)33-15-17-34(18-16-33)26-7-4-14-35(26)20-36/h8-13,19-21,26H,2-7,14-18H2,1H3,(H,30,31,32). The predicted molar refractivity (Wildman–Crippen MR) is 147 cm³/mol. The first kappa shape index (κ1) is 24.0. The van der Waals surface area contributed by atoms with Crippen molar-refractivity contribution >= 4 is 34.6 Å². The molecule has 1 unspecified atom stereocenters. The molecule has 1 amide bonds. The summed E-state index contributed by atoms with van der Waals surface area (Å²) in [4.78, 5) is 27.7. The van der Waals surface area contributed by atoms with Crippen molar-refractivity contribution in [2.45, 2.75) is 50.6 Å². The third-order valence-corrected chi connectivity index (χ3v) is 8.36. The van der Waals surface area contributed by atoms with Crippen LogP contribution in [0.1, 0.15) is 50.0 Å². The van der Waals surface area contributed by atoms with Gasteiger partial charge in [-0.15, -0.1) is 0 Å². The van der Waals surface area contributed by atoms with Gasteiger partial charge in [-0.25, -0.2) is 9.97 Å². The van der Waals surface area contributed by atoms with E-state index in [0.29, 0.717) is 11.9 Å². The molecule has 1 aromatic heterocycles. The maximum Gasteiger partial charge on any atom is 0.227 e. The fourth-order valence-electron chi connectivity index (χ4n) is 6.40. The number of ether oxygens (including phenoxy) is 1. The van der Waals surface area contributed by atoms with Crippen molar-refractivity contribution in [3.8, 4) is 5.75 Å². The second kappa shape index (κ2) is 10.5. The summed E-state index contributed by atoms with van der Waals surface area (Å²) in [6.45, 7) is 4.78. The molecule has 1 aliphatic carbocycles. The monoisotopic (exact) mass is 500 g/mol. The van der Waals surface area contributed by atoms with Crippen LogP contribution in [0.4, 0.5) is 17.3 Å². The van der Waals surface area contributed by atoms with Gasteiger partial charge in [0.05, 0.1) is 18.8 Å². The zero-order valence-electron chi connectivity index (χ0n) is 21.6. The summed E-state index contributed by atoms with van der Waals surface area (Å²) >= 11 is 0. The van der Waals surface area contributed by atoms with E-state index in [1.807, 2.05) is 17.2 Å². The zero-order valence-corrected chi connectivity index (χ0v) is 21.6. The number of hydrogen-bond acceptors (Lipinski definition) is 7. The van der Waals surface area contributed by atoms with Gasteiger partial charge < -0.3 is 19.9 Å². The quantitative estimate of drug-likeness (QED) is 0.470. The number of hydrogen-bond donors (Lipinski definition) is 1. The lowest BCUT2D eigenvalue weighted by Gasteiger charge is -2.41. The molecule has 0 radical (unpaired) electrons. The third kappa shape index (κ3) is 4.82. The van der Waals surface area contributed by atoms with Crippen molar-refractivity contribution in [3.63, 3.8) is 0 Å². The number of benzene rings is 2. The summed E-state index contributed by atoms with van der Waals surface area (Å²) < 4.78 is 5.73. The Bertz CT molecular complexity index is 1240. The number of piperazine rings is 1. The molecule has 8 nitrogen and oxygen atoms in total. The minimum Gasteiger partial charge on any atom is -0.496 e. The molecule has 1 atom stereocenters. The molecule has 1 N–H and O–H groups in total. The van der Waals surface area contributed by atoms with E-state index in [0.717, 1.165) is 74.3 Å². The van der Waals surface area contributed by atoms with Crippen LogP contribution < -0.4 is 15.0 Å². The van der Waals surface area contributed by atoms with Crippen molar-refractivity contribution < 1.29 is 9.53 Å². The minimum atomic E-state index is 0.280. The average molecular weight is 501 g/mol. The van der Waals surface area contributed by atoms with E-state index in [1.54, 1.807) is 7.11 Å². The molecule has 3 fully saturated rings. The molecule has 1 saturated carbocycles. The molecule has 2 aliphatic heterocycles. The number of nitrogens with one attached hydrogen (secondary N) is 1. The number of methoxy groups -OCH3 is 1. The molecule has 3 heterocycles. The molecule has 0 bridgehead atoms. The van der Waals surface area contributed by atoms with E-state index in [2.05, 4.69) is 50.4 Å². The van der Waals surface area contributed by atoms with Gasteiger partial charge in [-0.3, -0.25) is 9.69 Å². The van der Waals surface area contributed by atoms with Crippen molar-refractivity contribution in [3.05, 3.63) is 48.2 Å². The maximum atomic E-state index is 11.3. The summed E-state index contributed by atoms with van der Waals surface area (Å²) in [6.07, 6.45) is 10.3. The maximum absolute atomic E-state index is 11.3. The van der Waals surface area contributed by atoms with Crippen molar-refractivity contribution in [1.82, 2.24) is 19.8 Å². The SMILES string of the molecule is COc1ccc2cnc(Nc3ccc(N4CCN(C5CCCN5C=O)CC4)cc3)nc2c1C1CCCC1. The zero-order chi connectivity index (χ0) is 25.2. The number of carbonyl (C=O) groups is 1. The van der Waals surface area contributed by atoms with Gasteiger partial charge in [-0.1, -0.05) is 12.8 Å². The first-order chi connectivity index (χ1) is 18.2. The summed E-state index contributed by atoms with van der Waals surface area (Å²) in [6, 6.07) is 12.6. The van der Waals surface area contributed by atoms with Crippen LogP contribution in [0.5, 0.6) is 5.75 Å². The topological polar surface area (TPSA) is 73.8 Å². The molecule has 2 saturated heterocycles. The van der Waals surface area contributed by atoms with E-state index in [1.165, 1.54) is 36.9 Å². The van der Waals surface area contributed by atoms with Gasteiger partial charge in [0.15, 0.2) is 0 Å². The van der Waals surface area contributed by atoms with Gasteiger partial charge >= 0.3 is 0 Å². The summed E-state index contributed by atoms with van der Waals surface area (Å²) in [7, 11) is 1.75. The van der Waals surface area contributed by atoms with Crippen LogP contribution in [-0.4, -0.2) is 72.2 Å². The molecule has 2 aromatic carbocycles. The first-order valence-corrected chi connectivity index (χ1v) is 13.6. The van der Waals surface area contributed by atoms with Gasteiger partial charge in [-0.2, -0.15) is 0 Å². The summed E-state index contributed by atoms with van der Waals surface area (Å²) in [5.41, 5.74) is 4.41. The molecule has 0 spiro atoms. The number of amides is 1. The van der Waals surface area contributed by atoms with Crippen molar-refractivity contribution in [1.29, 1.82) is 0 Å². The fraction of sp³-hybridized carbons (Fsp3) is 0.483. The molecular formula is C29H36N6O2. The van der Waals surface area contributed by atoms with E-state index in [9.17, 15) is 4.79 Å². The van der Waals surface area contributed by atoms with E-state index < -0.39 is 0 Å². The average Bonchev–Trinajstić information content (AvgIpc) is 3.65. The Labute approximate surface area is 218 Å². The highest BCUT2D eigenvalue weighted by molar-refractivity contribution is 5.85. The molecule has 37 heavy (non-hydrogen) atoms. The Morgan fingerprint density at radius 2 is 1.73 bits per heavy atom. The largest absolute Gasteiger partial charge is 0.496 e. The number of anilines is 3. The van der Waals surface area contributed by atoms with Crippen LogP contribution in [-0.2, 0) is 4.79 Å². The highest BCUT2D eigenvalue weighted by Gasteiger charge is 2.31. The van der Waals surface area contributed by atoms with E-state index >= 15 is 0 Å². The number of carbonyl (C=O) groups excluding carboxylic acids is 1. The molecule has 194 valence electrons. The number of rotatable bonds is 7. The number of nitrogens with zero attached hydrogens (tertiary/aromatic N) is 5. The molecule has 3 aliphatic rings. The Balaban J connectivity index is 1.14. The number of fused-ring (bicyclic) bond motifs is 1. The van der Waals surface area contributed by atoms with Crippen LogP contribution >= 0.6 is 0 Å². The van der Waals surface area contributed by atoms with Gasteiger partial charge in [-0.05, 0) is 68.0 Å². The van der Waals surface area contributed by atoms with Crippen LogP contribution in [0.25, 0.3) is 10.9 Å². The second-order valence-corrected chi connectivity index (χ2v) is 10.5. The van der Waals surface area contributed by atoms with E-state index in [4.69, 9.17) is 9.72 Å². The summed E-state index contributed by atoms with van der Waals surface area (Å²) in [5.74, 6) is 2.04. The highest BCUT2D eigenvalue weighted by atomic mass is 16.5. The van der Waals surface area contributed by atoms with Crippen LogP contribution in [0.3, 0.4) is 0 Å². The molecule has 3 aromatic rings. The second-order valence-electron chi connectivity index (χ2n) is 10.5. The smallest absolute Gasteiger partial charge is 0.227 e. The normalized spacial score (nSPS) is 21.1. The van der Waals surface area contributed by atoms with E-state index in [-0.39, 0.29) is 6.17 Å². The van der Waals surface area contributed by atoms with Gasteiger partial charge in [0.2, 0.25) is 12.4 Å². The first-order valence-electron chi connectivity index (χ1n) is 13.6. The van der Waals surface area contributed by atoms with Gasteiger partial charge in [0.1, 0.15) is 5.75 Å². The van der Waals surface area contributed by atoms with Crippen LogP contribution in [0.15, 0.2) is 42.6 Å². The molecule has 6 rings (SSSR count). The van der Waals surface area contributed by atoms with Crippen molar-refractivity contribution in [2.75, 3.05) is 50.1 Å². The van der Waals surface area contributed by atoms with Gasteiger partial charge in [0.25, 0.3) is 0 Å². The highest BCUT2D eigenvalue weighted by Crippen LogP contribution is 2.42. The lowest BCUT2D eigenvalue weighted by Crippen LogP contribution is -2.53. The lowest BCUT2D eigenvalue weighted by atomic mass is 9.94. The Morgan fingerprint density at radius 1 is 0.946 bits per heavy atom. The number of aromatic nitrogens is 2. The lowest BCUT2D eigenvalue weighted by molar-refractivity contribution is -0.122. The summed E-state index contributed by atoms with van der Waals surface area (Å²) in [5, 5.41) is 4.46. The Hall–Kier alpha value is -3.39. The Morgan fingerprint density at radius 3 is 2.46 bits per heavy atom.